The molecule has 1 aliphatic carbocycles. The zero-order chi connectivity index (χ0) is 21.2. The Morgan fingerprint density at radius 3 is 2.90 bits per heavy atom. The van der Waals surface area contributed by atoms with Crippen molar-refractivity contribution in [2.24, 2.45) is 4.99 Å². The minimum absolute atomic E-state index is 0.0973. The van der Waals surface area contributed by atoms with Crippen LogP contribution in [-0.4, -0.2) is 31.4 Å². The van der Waals surface area contributed by atoms with Crippen LogP contribution in [0.4, 0.5) is 5.69 Å². The molecule has 2 aromatic heterocycles. The molecule has 1 N–H and O–H groups in total. The first kappa shape index (κ1) is 19.4. The lowest BCUT2D eigenvalue weighted by atomic mass is 9.92. The molecule has 1 atom stereocenters. The molecule has 1 fully saturated rings. The number of carbonyl (C=O) groups excluding carboxylic acids is 1. The van der Waals surface area contributed by atoms with Crippen LogP contribution in [0.2, 0.25) is 0 Å². The number of nitrogens with zero attached hydrogens (tertiary/aromatic N) is 5. The van der Waals surface area contributed by atoms with Gasteiger partial charge in [0.05, 0.1) is 0 Å². The first-order valence-electron chi connectivity index (χ1n) is 10.7. The maximum absolute atomic E-state index is 12.9. The zero-order valence-electron chi connectivity index (χ0n) is 17.4. The van der Waals surface area contributed by atoms with Gasteiger partial charge in [-0.15, -0.1) is 10.2 Å². The molecule has 31 heavy (non-hydrogen) atoms. The molecule has 7 heteroatoms. The third-order valence-corrected chi connectivity index (χ3v) is 5.75. The first-order chi connectivity index (χ1) is 15.2. The molecule has 1 aliphatic heterocycles. The van der Waals surface area contributed by atoms with E-state index in [1.165, 1.54) is 0 Å². The van der Waals surface area contributed by atoms with E-state index in [0.29, 0.717) is 18.2 Å². The highest BCUT2D eigenvalue weighted by atomic mass is 16.1. The molecule has 1 saturated carbocycles. The zero-order valence-corrected chi connectivity index (χ0v) is 17.4. The molecule has 5 rings (SSSR count). The Bertz CT molecular complexity index is 1160. The molecule has 1 amide bonds. The van der Waals surface area contributed by atoms with Crippen molar-refractivity contribution in [3.63, 3.8) is 0 Å². The van der Waals surface area contributed by atoms with Crippen molar-refractivity contribution in [3.8, 4) is 11.4 Å². The Hall–Kier alpha value is -3.61. The van der Waals surface area contributed by atoms with Gasteiger partial charge in [0, 0.05) is 47.7 Å². The van der Waals surface area contributed by atoms with Gasteiger partial charge >= 0.3 is 0 Å². The summed E-state index contributed by atoms with van der Waals surface area (Å²) >= 11 is 0. The van der Waals surface area contributed by atoms with Crippen molar-refractivity contribution in [2.75, 3.05) is 5.32 Å². The number of allylic oxidation sites excluding steroid dienone is 1. The summed E-state index contributed by atoms with van der Waals surface area (Å²) in [6.07, 6.45) is 11.2. The van der Waals surface area contributed by atoms with Gasteiger partial charge in [0.2, 0.25) is 0 Å². The molecule has 0 bridgehead atoms. The van der Waals surface area contributed by atoms with Crippen LogP contribution in [0.15, 0.2) is 66.2 Å². The van der Waals surface area contributed by atoms with Crippen molar-refractivity contribution in [1.82, 2.24) is 19.7 Å². The summed E-state index contributed by atoms with van der Waals surface area (Å²) < 4.78 is 2.11. The normalized spacial score (nSPS) is 18.0. The lowest BCUT2D eigenvalue weighted by Gasteiger charge is -2.18. The van der Waals surface area contributed by atoms with Crippen LogP contribution in [0, 0.1) is 0 Å². The lowest BCUT2D eigenvalue weighted by Crippen LogP contribution is -2.25. The summed E-state index contributed by atoms with van der Waals surface area (Å²) in [5.41, 5.74) is 4.32. The van der Waals surface area contributed by atoms with E-state index in [4.69, 9.17) is 0 Å². The van der Waals surface area contributed by atoms with Crippen LogP contribution in [0.5, 0.6) is 0 Å². The maximum atomic E-state index is 12.9. The van der Waals surface area contributed by atoms with Gasteiger partial charge in [-0.2, -0.15) is 0 Å². The van der Waals surface area contributed by atoms with Gasteiger partial charge < -0.3 is 9.88 Å². The number of benzene rings is 1. The molecule has 3 heterocycles. The fourth-order valence-electron chi connectivity index (χ4n) is 3.82. The van der Waals surface area contributed by atoms with E-state index in [9.17, 15) is 4.79 Å². The number of aryl methyl sites for hydroxylation is 1. The average Bonchev–Trinajstić information content (AvgIpc) is 3.55. The van der Waals surface area contributed by atoms with Gasteiger partial charge in [0.25, 0.3) is 5.91 Å². The number of amides is 1. The fraction of sp³-hybridized carbons (Fsp3) is 0.292. The van der Waals surface area contributed by atoms with Crippen LogP contribution in [0.25, 0.3) is 11.4 Å². The number of aliphatic imine (C=N–C) groups is 1. The van der Waals surface area contributed by atoms with E-state index in [-0.39, 0.29) is 11.8 Å². The van der Waals surface area contributed by atoms with E-state index in [1.54, 1.807) is 12.5 Å². The fourth-order valence-corrected chi connectivity index (χ4v) is 3.82. The van der Waals surface area contributed by atoms with Gasteiger partial charge in [-0.1, -0.05) is 31.2 Å². The van der Waals surface area contributed by atoms with Crippen molar-refractivity contribution < 1.29 is 4.79 Å². The smallest absolute Gasteiger partial charge is 0.270 e. The van der Waals surface area contributed by atoms with Crippen LogP contribution >= 0.6 is 0 Å². The second kappa shape index (κ2) is 8.26. The largest absolute Gasteiger partial charge is 0.321 e. The number of rotatable bonds is 6. The summed E-state index contributed by atoms with van der Waals surface area (Å²) in [4.78, 5) is 21.7. The quantitative estimate of drug-likeness (QED) is 0.653. The summed E-state index contributed by atoms with van der Waals surface area (Å²) in [5.74, 6) is 0.744. The SMILES string of the molecule is CCc1ccc(C2C=CN=C(C(=O)Nc3cccc(-c4nncn4C4CC4)c3)C2)cn1. The molecule has 0 radical (unpaired) electrons. The van der Waals surface area contributed by atoms with E-state index in [1.807, 2.05) is 42.6 Å². The number of nitrogens with one attached hydrogen (secondary N) is 1. The molecule has 0 spiro atoms. The van der Waals surface area contributed by atoms with Gasteiger partial charge in [-0.25, -0.2) is 0 Å². The maximum Gasteiger partial charge on any atom is 0.270 e. The highest BCUT2D eigenvalue weighted by Gasteiger charge is 2.27. The standard InChI is InChI=1S/C24H24N6O/c1-2-19-7-6-18(14-26-19)16-10-11-25-22(13-16)24(31)28-20-5-3-4-17(12-20)23-29-27-15-30(23)21-8-9-21/h3-7,10-12,14-16,21H,2,8-9,13H2,1H3,(H,28,31). The molecule has 156 valence electrons. The molecular formula is C24H24N6O. The summed E-state index contributed by atoms with van der Waals surface area (Å²) in [5, 5.41) is 11.3. The lowest BCUT2D eigenvalue weighted by molar-refractivity contribution is -0.110. The summed E-state index contributed by atoms with van der Waals surface area (Å²) in [6.45, 7) is 2.09. The number of hydrogen-bond acceptors (Lipinski definition) is 5. The van der Waals surface area contributed by atoms with E-state index in [0.717, 1.165) is 47.6 Å². The summed E-state index contributed by atoms with van der Waals surface area (Å²) in [7, 11) is 0. The molecule has 1 aromatic carbocycles. The molecule has 2 aliphatic rings. The topological polar surface area (TPSA) is 85.1 Å². The Morgan fingerprint density at radius 2 is 2.13 bits per heavy atom. The van der Waals surface area contributed by atoms with Crippen LogP contribution in [0.1, 0.15) is 49.4 Å². The third-order valence-electron chi connectivity index (χ3n) is 5.75. The Balaban J connectivity index is 1.29. The van der Waals surface area contributed by atoms with Crippen molar-refractivity contribution in [1.29, 1.82) is 0 Å². The van der Waals surface area contributed by atoms with Gasteiger partial charge in [-0.3, -0.25) is 14.8 Å². The van der Waals surface area contributed by atoms with Crippen molar-refractivity contribution in [3.05, 3.63) is 72.5 Å². The second-order valence-corrected chi connectivity index (χ2v) is 7.99. The highest BCUT2D eigenvalue weighted by molar-refractivity contribution is 6.43. The van der Waals surface area contributed by atoms with E-state index >= 15 is 0 Å². The molecule has 7 nitrogen and oxygen atoms in total. The van der Waals surface area contributed by atoms with Gasteiger partial charge in [0.15, 0.2) is 5.82 Å². The average molecular weight is 412 g/mol. The predicted octanol–water partition coefficient (Wildman–Crippen LogP) is 4.32. The van der Waals surface area contributed by atoms with E-state index < -0.39 is 0 Å². The molecule has 0 saturated heterocycles. The van der Waals surface area contributed by atoms with E-state index in [2.05, 4.69) is 43.0 Å². The monoisotopic (exact) mass is 412 g/mol. The molecular weight excluding hydrogens is 388 g/mol. The Labute approximate surface area is 181 Å². The van der Waals surface area contributed by atoms with Crippen LogP contribution < -0.4 is 5.32 Å². The molecule has 1 unspecified atom stereocenters. The number of aromatic nitrogens is 4. The summed E-state index contributed by atoms with van der Waals surface area (Å²) in [6, 6.07) is 12.3. The van der Waals surface area contributed by atoms with Crippen molar-refractivity contribution >= 4 is 17.3 Å². The highest BCUT2D eigenvalue weighted by Crippen LogP contribution is 2.37. The number of anilines is 1. The minimum Gasteiger partial charge on any atom is -0.321 e. The second-order valence-electron chi connectivity index (χ2n) is 7.99. The first-order valence-corrected chi connectivity index (χ1v) is 10.7. The minimum atomic E-state index is -0.187. The van der Waals surface area contributed by atoms with Crippen LogP contribution in [0.3, 0.4) is 0 Å². The predicted molar refractivity (Wildman–Crippen MR) is 120 cm³/mol. The van der Waals surface area contributed by atoms with Gasteiger partial charge in [0.1, 0.15) is 12.0 Å². The Kier molecular flexibility index (Phi) is 5.16. The van der Waals surface area contributed by atoms with Gasteiger partial charge in [-0.05, 0) is 43.0 Å². The molecule has 3 aromatic rings. The Morgan fingerprint density at radius 1 is 1.23 bits per heavy atom. The number of hydrogen-bond donors (Lipinski definition) is 1. The van der Waals surface area contributed by atoms with Crippen LogP contribution in [-0.2, 0) is 11.2 Å². The number of pyridine rings is 1. The number of carbonyl (C=O) groups is 1. The third kappa shape index (κ3) is 4.17. The van der Waals surface area contributed by atoms with Crippen molar-refractivity contribution in [2.45, 2.75) is 44.6 Å².